The van der Waals surface area contributed by atoms with E-state index in [4.69, 9.17) is 0 Å². The van der Waals surface area contributed by atoms with Crippen molar-refractivity contribution < 1.29 is 26.4 Å². The minimum absolute atomic E-state index is 0.0261. The zero-order chi connectivity index (χ0) is 28.9. The van der Waals surface area contributed by atoms with Gasteiger partial charge in [-0.1, -0.05) is 51.0 Å². The molecule has 0 aromatic heterocycles. The van der Waals surface area contributed by atoms with E-state index in [9.17, 15) is 26.4 Å². The molecule has 1 aliphatic carbocycles. The van der Waals surface area contributed by atoms with E-state index in [1.54, 1.807) is 0 Å². The van der Waals surface area contributed by atoms with Crippen LogP contribution in [0.1, 0.15) is 87.1 Å². The lowest BCUT2D eigenvalue weighted by Crippen LogP contribution is -2.46. The van der Waals surface area contributed by atoms with E-state index in [1.807, 2.05) is 0 Å². The molecule has 1 amide bonds. The van der Waals surface area contributed by atoms with Crippen LogP contribution in [0.5, 0.6) is 0 Å². The summed E-state index contributed by atoms with van der Waals surface area (Å²) >= 11 is 0. The Labute approximate surface area is 235 Å². The van der Waals surface area contributed by atoms with Crippen LogP contribution in [-0.4, -0.2) is 37.8 Å². The number of carbonyl (C=O) groups is 1. The molecule has 1 saturated heterocycles. The summed E-state index contributed by atoms with van der Waals surface area (Å²) in [5.41, 5.74) is 2.53. The van der Waals surface area contributed by atoms with Gasteiger partial charge in [-0.15, -0.1) is 0 Å². The number of sulfonamides is 1. The van der Waals surface area contributed by atoms with Gasteiger partial charge in [-0.2, -0.15) is 17.5 Å². The third kappa shape index (κ3) is 7.44. The molecule has 1 aliphatic heterocycles. The molecule has 2 aromatic rings. The van der Waals surface area contributed by atoms with E-state index in [0.717, 1.165) is 62.9 Å². The molecule has 10 heteroatoms. The van der Waals surface area contributed by atoms with Gasteiger partial charge in [0.25, 0.3) is 0 Å². The largest absolute Gasteiger partial charge is 0.416 e. The fraction of sp³-hybridized carbons (Fsp3) is 0.567. The summed E-state index contributed by atoms with van der Waals surface area (Å²) in [5, 5.41) is 6.63. The van der Waals surface area contributed by atoms with E-state index >= 15 is 0 Å². The number of benzene rings is 2. The first kappa shape index (κ1) is 30.5. The molecule has 0 radical (unpaired) electrons. The van der Waals surface area contributed by atoms with Crippen molar-refractivity contribution in [2.75, 3.05) is 13.1 Å². The number of fused-ring (bicyclic) bond motifs is 1. The molecule has 220 valence electrons. The molecular weight excluding hydrogens is 539 g/mol. The van der Waals surface area contributed by atoms with Gasteiger partial charge >= 0.3 is 6.18 Å². The normalized spacial score (nSPS) is 21.0. The predicted molar refractivity (Wildman–Crippen MR) is 149 cm³/mol. The molecule has 1 fully saturated rings. The number of alkyl halides is 3. The maximum Gasteiger partial charge on any atom is 0.416 e. The Balaban J connectivity index is 1.42. The number of rotatable bonds is 10. The summed E-state index contributed by atoms with van der Waals surface area (Å²) in [6.07, 6.45) is 1.01. The monoisotopic (exact) mass is 579 g/mol. The predicted octanol–water partition coefficient (Wildman–Crippen LogP) is 5.97. The molecule has 0 spiro atoms. The molecule has 0 saturated carbocycles. The van der Waals surface area contributed by atoms with Crippen molar-refractivity contribution in [3.63, 3.8) is 0 Å². The smallest absolute Gasteiger partial charge is 0.349 e. The fourth-order valence-corrected chi connectivity index (χ4v) is 7.40. The van der Waals surface area contributed by atoms with Gasteiger partial charge in [-0.05, 0) is 79.5 Å². The second-order valence-corrected chi connectivity index (χ2v) is 13.1. The third-order valence-corrected chi connectivity index (χ3v) is 10.1. The highest BCUT2D eigenvalue weighted by molar-refractivity contribution is 7.89. The number of piperidine rings is 1. The Kier molecular flexibility index (Phi) is 9.95. The number of hydrogen-bond donors (Lipinski definition) is 2. The molecule has 2 aliphatic rings. The summed E-state index contributed by atoms with van der Waals surface area (Å²) in [6, 6.07) is 9.47. The van der Waals surface area contributed by atoms with Crippen molar-refractivity contribution in [2.24, 2.45) is 5.92 Å². The second kappa shape index (κ2) is 13.0. The highest BCUT2D eigenvalue weighted by Gasteiger charge is 2.37. The van der Waals surface area contributed by atoms with Crippen LogP contribution < -0.4 is 10.6 Å². The highest BCUT2D eigenvalue weighted by atomic mass is 32.2. The molecule has 3 unspecified atom stereocenters. The van der Waals surface area contributed by atoms with Gasteiger partial charge in [-0.3, -0.25) is 4.79 Å². The number of hydrogen-bond acceptors (Lipinski definition) is 4. The highest BCUT2D eigenvalue weighted by Crippen LogP contribution is 2.34. The lowest BCUT2D eigenvalue weighted by atomic mass is 9.86. The standard InChI is InChI=1S/C30H40F3N3O3S/c1-3-21(2)19-34-20-22-13-14-27-23(16-22)8-6-12-28(27)35-29(37)18-25-10-4-5-15-36(25)40(38,39)26-11-7-9-24(17-26)30(31,32)33/h7,9,11,13-14,16-17,21,25,28,34H,3-6,8,10,12,15,18-20H2,1-2H3,(H,35,37). The molecule has 3 atom stereocenters. The number of halogens is 3. The minimum Gasteiger partial charge on any atom is -0.349 e. The first-order valence-corrected chi connectivity index (χ1v) is 15.7. The summed E-state index contributed by atoms with van der Waals surface area (Å²) in [7, 11) is -4.19. The molecule has 1 heterocycles. The van der Waals surface area contributed by atoms with Gasteiger partial charge in [0.05, 0.1) is 16.5 Å². The average molecular weight is 580 g/mol. The zero-order valence-corrected chi connectivity index (χ0v) is 24.1. The van der Waals surface area contributed by atoms with Crippen LogP contribution in [-0.2, 0) is 34.0 Å². The summed E-state index contributed by atoms with van der Waals surface area (Å²) in [6.45, 7) is 6.35. The first-order chi connectivity index (χ1) is 19.0. The first-order valence-electron chi connectivity index (χ1n) is 14.3. The Bertz CT molecular complexity index is 1280. The SMILES string of the molecule is CCC(C)CNCc1ccc2c(c1)CCCC2NC(=O)CC1CCCCN1S(=O)(=O)c1cccc(C(F)(F)F)c1. The maximum atomic E-state index is 13.4. The van der Waals surface area contributed by atoms with Crippen LogP contribution in [0.15, 0.2) is 47.4 Å². The van der Waals surface area contributed by atoms with Crippen molar-refractivity contribution in [1.82, 2.24) is 14.9 Å². The van der Waals surface area contributed by atoms with Gasteiger partial charge in [0.2, 0.25) is 15.9 Å². The maximum absolute atomic E-state index is 13.4. The van der Waals surface area contributed by atoms with E-state index in [0.29, 0.717) is 24.8 Å². The van der Waals surface area contributed by atoms with Crippen molar-refractivity contribution in [1.29, 1.82) is 0 Å². The van der Waals surface area contributed by atoms with Crippen LogP contribution >= 0.6 is 0 Å². The Morgan fingerprint density at radius 3 is 2.65 bits per heavy atom. The number of nitrogens with one attached hydrogen (secondary N) is 2. The number of amides is 1. The molecule has 6 nitrogen and oxygen atoms in total. The molecule has 2 N–H and O–H groups in total. The van der Waals surface area contributed by atoms with Gasteiger partial charge in [0.1, 0.15) is 0 Å². The van der Waals surface area contributed by atoms with Crippen molar-refractivity contribution in [3.8, 4) is 0 Å². The number of aryl methyl sites for hydroxylation is 1. The molecule has 4 rings (SSSR count). The van der Waals surface area contributed by atoms with E-state index in [1.165, 1.54) is 21.5 Å². The zero-order valence-electron chi connectivity index (χ0n) is 23.3. The fourth-order valence-electron chi connectivity index (χ4n) is 5.66. The van der Waals surface area contributed by atoms with Crippen molar-refractivity contribution >= 4 is 15.9 Å². The quantitative estimate of drug-likeness (QED) is 0.364. The Morgan fingerprint density at radius 1 is 1.10 bits per heavy atom. The molecule has 2 aromatic carbocycles. The van der Waals surface area contributed by atoms with Crippen LogP contribution in [0.25, 0.3) is 0 Å². The van der Waals surface area contributed by atoms with Gasteiger partial charge in [0.15, 0.2) is 0 Å². The van der Waals surface area contributed by atoms with E-state index < -0.39 is 32.7 Å². The lowest BCUT2D eigenvalue weighted by molar-refractivity contribution is -0.137. The summed E-state index contributed by atoms with van der Waals surface area (Å²) in [4.78, 5) is 12.8. The van der Waals surface area contributed by atoms with Crippen LogP contribution in [0.2, 0.25) is 0 Å². The van der Waals surface area contributed by atoms with E-state index in [-0.39, 0.29) is 24.9 Å². The lowest BCUT2D eigenvalue weighted by Gasteiger charge is -2.35. The van der Waals surface area contributed by atoms with Gasteiger partial charge < -0.3 is 10.6 Å². The summed E-state index contributed by atoms with van der Waals surface area (Å²) < 4.78 is 67.7. The van der Waals surface area contributed by atoms with Crippen LogP contribution in [0.3, 0.4) is 0 Å². The third-order valence-electron chi connectivity index (χ3n) is 8.14. The minimum atomic E-state index is -4.64. The number of carbonyl (C=O) groups excluding carboxylic acids is 1. The van der Waals surface area contributed by atoms with Gasteiger partial charge in [-0.25, -0.2) is 8.42 Å². The second-order valence-electron chi connectivity index (χ2n) is 11.2. The van der Waals surface area contributed by atoms with Crippen molar-refractivity contribution in [3.05, 3.63) is 64.7 Å². The molecular formula is C30H40F3N3O3S. The Morgan fingerprint density at radius 2 is 1.90 bits per heavy atom. The topological polar surface area (TPSA) is 78.5 Å². The van der Waals surface area contributed by atoms with Crippen LogP contribution in [0, 0.1) is 5.92 Å². The average Bonchev–Trinajstić information content (AvgIpc) is 2.92. The summed E-state index contributed by atoms with van der Waals surface area (Å²) in [5.74, 6) is 0.380. The van der Waals surface area contributed by atoms with Crippen LogP contribution in [0.4, 0.5) is 13.2 Å². The molecule has 0 bridgehead atoms. The number of nitrogens with zero attached hydrogens (tertiary/aromatic N) is 1. The Hall–Kier alpha value is -2.43. The van der Waals surface area contributed by atoms with Gasteiger partial charge in [0, 0.05) is 25.6 Å². The molecule has 40 heavy (non-hydrogen) atoms. The van der Waals surface area contributed by atoms with Crippen molar-refractivity contribution in [2.45, 2.75) is 94.9 Å². The van der Waals surface area contributed by atoms with E-state index in [2.05, 4.69) is 42.7 Å².